The van der Waals surface area contributed by atoms with E-state index < -0.39 is 5.79 Å². The topological polar surface area (TPSA) is 21.7 Å². The van der Waals surface area contributed by atoms with Crippen molar-refractivity contribution < 1.29 is 9.47 Å². The zero-order chi connectivity index (χ0) is 36.2. The van der Waals surface area contributed by atoms with Crippen molar-refractivity contribution in [1.29, 1.82) is 0 Å². The Labute approximate surface area is 316 Å². The standard InChI is InChI=1S/C48H79NO2/c1-5-7-9-11-13-15-17-19-21-23-25-27-29-31-33-35-37-48(50-46-41-43-39-45(49(3)4)40-44(43)42-47(46)51-48)38-36-34-32-30-28-26-24-22-20-18-16-14-12-10-8-6-2/h13-16,19-22,41-42,45H,5-12,17-18,23-40H2,1-4H3. The first-order valence-electron chi connectivity index (χ1n) is 21.9. The second-order valence-electron chi connectivity index (χ2n) is 15.9. The van der Waals surface area contributed by atoms with Crippen molar-refractivity contribution in [3.63, 3.8) is 0 Å². The number of rotatable bonds is 31. The van der Waals surface area contributed by atoms with Gasteiger partial charge in [0, 0.05) is 18.9 Å². The van der Waals surface area contributed by atoms with E-state index in [1.54, 1.807) is 0 Å². The maximum Gasteiger partial charge on any atom is 0.251 e. The van der Waals surface area contributed by atoms with Gasteiger partial charge in [-0.25, -0.2) is 0 Å². The molecule has 0 spiro atoms. The van der Waals surface area contributed by atoms with E-state index in [1.165, 1.54) is 152 Å². The lowest BCUT2D eigenvalue weighted by Gasteiger charge is -2.28. The number of ether oxygens (including phenoxy) is 2. The van der Waals surface area contributed by atoms with E-state index in [4.69, 9.17) is 9.47 Å². The first-order valence-corrected chi connectivity index (χ1v) is 21.9. The summed E-state index contributed by atoms with van der Waals surface area (Å²) in [6, 6.07) is 5.21. The van der Waals surface area contributed by atoms with Gasteiger partial charge in [-0.2, -0.15) is 0 Å². The fourth-order valence-corrected chi connectivity index (χ4v) is 7.64. The molecule has 1 heterocycles. The van der Waals surface area contributed by atoms with E-state index in [-0.39, 0.29) is 0 Å². The van der Waals surface area contributed by atoms with Crippen molar-refractivity contribution in [2.24, 2.45) is 0 Å². The van der Waals surface area contributed by atoms with Crippen LogP contribution in [0, 0.1) is 0 Å². The molecular weight excluding hydrogens is 623 g/mol. The van der Waals surface area contributed by atoms with Crippen LogP contribution in [0.2, 0.25) is 0 Å². The zero-order valence-corrected chi connectivity index (χ0v) is 33.9. The lowest BCUT2D eigenvalue weighted by atomic mass is 9.98. The summed E-state index contributed by atoms with van der Waals surface area (Å²) in [7, 11) is 4.39. The molecule has 3 heteroatoms. The van der Waals surface area contributed by atoms with E-state index >= 15 is 0 Å². The Hall–Kier alpha value is -2.26. The van der Waals surface area contributed by atoms with E-state index in [1.807, 2.05) is 0 Å². The second-order valence-corrected chi connectivity index (χ2v) is 15.9. The van der Waals surface area contributed by atoms with Crippen molar-refractivity contribution in [1.82, 2.24) is 4.90 Å². The number of unbranched alkanes of at least 4 members (excludes halogenated alkanes) is 18. The fourth-order valence-electron chi connectivity index (χ4n) is 7.64. The Kier molecular flexibility index (Phi) is 23.1. The van der Waals surface area contributed by atoms with E-state index in [9.17, 15) is 0 Å². The summed E-state index contributed by atoms with van der Waals surface area (Å²) in [5, 5.41) is 0. The van der Waals surface area contributed by atoms with Crippen LogP contribution in [-0.4, -0.2) is 30.8 Å². The smallest absolute Gasteiger partial charge is 0.251 e. The van der Waals surface area contributed by atoms with Gasteiger partial charge in [0.15, 0.2) is 11.5 Å². The Morgan fingerprint density at radius 3 is 1.24 bits per heavy atom. The zero-order valence-electron chi connectivity index (χ0n) is 33.9. The minimum atomic E-state index is -0.469. The van der Waals surface area contributed by atoms with Gasteiger partial charge in [0.05, 0.1) is 0 Å². The molecule has 3 nitrogen and oxygen atoms in total. The predicted octanol–water partition coefficient (Wildman–Crippen LogP) is 14.6. The molecule has 0 saturated heterocycles. The molecule has 0 radical (unpaired) electrons. The van der Waals surface area contributed by atoms with Crippen molar-refractivity contribution in [3.8, 4) is 11.5 Å². The normalized spacial score (nSPS) is 15.6. The molecule has 0 amide bonds. The van der Waals surface area contributed by atoms with Gasteiger partial charge in [-0.1, -0.05) is 140 Å². The van der Waals surface area contributed by atoms with Crippen LogP contribution in [-0.2, 0) is 12.8 Å². The van der Waals surface area contributed by atoms with Crippen LogP contribution in [0.1, 0.15) is 192 Å². The molecule has 3 rings (SSSR count). The number of fused-ring (bicyclic) bond motifs is 2. The quantitative estimate of drug-likeness (QED) is 0.0568. The number of likely N-dealkylation sites (N-methyl/N-ethyl adjacent to an activating group) is 1. The first-order chi connectivity index (χ1) is 25.1. The molecule has 0 aromatic heterocycles. The highest BCUT2D eigenvalue weighted by molar-refractivity contribution is 5.52. The van der Waals surface area contributed by atoms with Gasteiger partial charge in [0.1, 0.15) is 0 Å². The number of nitrogens with zero attached hydrogens (tertiary/aromatic N) is 1. The molecule has 51 heavy (non-hydrogen) atoms. The average molecular weight is 702 g/mol. The number of benzene rings is 1. The Morgan fingerprint density at radius 2 is 0.863 bits per heavy atom. The highest BCUT2D eigenvalue weighted by atomic mass is 16.7. The molecule has 1 aromatic rings. The number of hydrogen-bond donors (Lipinski definition) is 0. The number of hydrogen-bond acceptors (Lipinski definition) is 3. The second kappa shape index (κ2) is 27.4. The van der Waals surface area contributed by atoms with Crippen LogP contribution in [0.4, 0.5) is 0 Å². The molecule has 0 unspecified atom stereocenters. The van der Waals surface area contributed by atoms with Gasteiger partial charge in [-0.3, -0.25) is 0 Å². The third-order valence-corrected chi connectivity index (χ3v) is 11.0. The van der Waals surface area contributed by atoms with Crippen LogP contribution < -0.4 is 9.47 Å². The molecule has 1 aliphatic carbocycles. The Balaban J connectivity index is 1.32. The highest BCUT2D eigenvalue weighted by Crippen LogP contribution is 2.47. The first kappa shape index (κ1) is 43.1. The monoisotopic (exact) mass is 702 g/mol. The minimum Gasteiger partial charge on any atom is -0.448 e. The molecule has 2 aliphatic rings. The molecule has 0 saturated carbocycles. The number of allylic oxidation sites excluding steroid dienone is 8. The van der Waals surface area contributed by atoms with Crippen LogP contribution in [0.3, 0.4) is 0 Å². The van der Waals surface area contributed by atoms with E-state index in [0.29, 0.717) is 6.04 Å². The largest absolute Gasteiger partial charge is 0.448 e. The maximum absolute atomic E-state index is 6.80. The van der Waals surface area contributed by atoms with Crippen LogP contribution in [0.5, 0.6) is 11.5 Å². The molecule has 288 valence electrons. The van der Waals surface area contributed by atoms with E-state index in [2.05, 4.69) is 93.6 Å². The summed E-state index contributed by atoms with van der Waals surface area (Å²) in [6.45, 7) is 4.54. The Morgan fingerprint density at radius 1 is 0.510 bits per heavy atom. The van der Waals surface area contributed by atoms with Crippen molar-refractivity contribution in [3.05, 3.63) is 71.9 Å². The molecule has 1 aliphatic heterocycles. The molecule has 0 N–H and O–H groups in total. The van der Waals surface area contributed by atoms with Crippen molar-refractivity contribution in [2.75, 3.05) is 14.1 Å². The molecule has 0 bridgehead atoms. The van der Waals surface area contributed by atoms with Crippen LogP contribution >= 0.6 is 0 Å². The average Bonchev–Trinajstić information content (AvgIpc) is 3.70. The molecule has 0 fully saturated rings. The van der Waals surface area contributed by atoms with Crippen LogP contribution in [0.25, 0.3) is 0 Å². The highest BCUT2D eigenvalue weighted by Gasteiger charge is 2.41. The molecule has 0 atom stereocenters. The van der Waals surface area contributed by atoms with Crippen LogP contribution in [0.15, 0.2) is 60.7 Å². The lowest BCUT2D eigenvalue weighted by molar-refractivity contribution is -0.0949. The summed E-state index contributed by atoms with van der Waals surface area (Å²) in [6.07, 6.45) is 53.7. The van der Waals surface area contributed by atoms with Gasteiger partial charge >= 0.3 is 0 Å². The van der Waals surface area contributed by atoms with Gasteiger partial charge in [-0.05, 0) is 127 Å². The fraction of sp³-hybridized carbons (Fsp3) is 0.708. The van der Waals surface area contributed by atoms with Gasteiger partial charge in [0.2, 0.25) is 0 Å². The summed E-state index contributed by atoms with van der Waals surface area (Å²) >= 11 is 0. The SMILES string of the molecule is CCCCCC=CCC=CCCCCCCCCC1(CCCCCCCCC=CCC=CCCCCC)Oc2cc3c(cc2O1)CC(N(C)C)C3. The van der Waals surface area contributed by atoms with Gasteiger partial charge < -0.3 is 14.4 Å². The summed E-state index contributed by atoms with van der Waals surface area (Å²) in [4.78, 5) is 2.36. The third-order valence-electron chi connectivity index (χ3n) is 11.0. The molecular formula is C48H79NO2. The van der Waals surface area contributed by atoms with Crippen molar-refractivity contribution in [2.45, 2.75) is 205 Å². The summed E-state index contributed by atoms with van der Waals surface area (Å²) in [5.74, 6) is 1.52. The van der Waals surface area contributed by atoms with Crippen molar-refractivity contribution >= 4 is 0 Å². The van der Waals surface area contributed by atoms with Gasteiger partial charge in [-0.15, -0.1) is 0 Å². The lowest BCUT2D eigenvalue weighted by Crippen LogP contribution is -2.38. The summed E-state index contributed by atoms with van der Waals surface area (Å²) < 4.78 is 13.6. The predicted molar refractivity (Wildman–Crippen MR) is 223 cm³/mol. The molecule has 1 aromatic carbocycles. The maximum atomic E-state index is 6.80. The van der Waals surface area contributed by atoms with Gasteiger partial charge in [0.25, 0.3) is 5.79 Å². The minimum absolute atomic E-state index is 0.469. The summed E-state index contributed by atoms with van der Waals surface area (Å²) in [5.41, 5.74) is 2.91. The van der Waals surface area contributed by atoms with E-state index in [0.717, 1.165) is 50.0 Å². The Bertz CT molecular complexity index is 1060. The third kappa shape index (κ3) is 18.4.